The van der Waals surface area contributed by atoms with E-state index in [1.165, 1.54) is 25.9 Å². The standard InChI is InChI=1S/C15H24N6/c1-3-16-13-11-21-9-6-17-15(21)14(19-13)18-10-12(2)20-7-4-5-8-20/h6,9,11-12,16H,3-5,7-8,10H2,1-2H3,(H,18,19). The van der Waals surface area contributed by atoms with Crippen molar-refractivity contribution in [2.24, 2.45) is 0 Å². The molecule has 2 aromatic heterocycles. The van der Waals surface area contributed by atoms with E-state index in [9.17, 15) is 0 Å². The zero-order chi connectivity index (χ0) is 14.7. The first-order valence-corrected chi connectivity index (χ1v) is 7.83. The summed E-state index contributed by atoms with van der Waals surface area (Å²) in [4.78, 5) is 11.6. The number of nitrogens with one attached hydrogen (secondary N) is 2. The largest absolute Gasteiger partial charge is 0.369 e. The van der Waals surface area contributed by atoms with Crippen LogP contribution < -0.4 is 10.6 Å². The van der Waals surface area contributed by atoms with Crippen LogP contribution in [0, 0.1) is 0 Å². The van der Waals surface area contributed by atoms with Crippen LogP contribution in [0.25, 0.3) is 5.65 Å². The second-order valence-corrected chi connectivity index (χ2v) is 5.64. The molecule has 6 heteroatoms. The summed E-state index contributed by atoms with van der Waals surface area (Å²) < 4.78 is 2.01. The minimum atomic E-state index is 0.520. The molecular formula is C15H24N6. The van der Waals surface area contributed by atoms with Crippen molar-refractivity contribution < 1.29 is 0 Å². The molecule has 0 radical (unpaired) electrons. The molecule has 0 aliphatic carbocycles. The second-order valence-electron chi connectivity index (χ2n) is 5.64. The van der Waals surface area contributed by atoms with Gasteiger partial charge in [-0.25, -0.2) is 9.97 Å². The van der Waals surface area contributed by atoms with E-state index in [2.05, 4.69) is 39.3 Å². The van der Waals surface area contributed by atoms with Gasteiger partial charge in [0.1, 0.15) is 5.82 Å². The van der Waals surface area contributed by atoms with Gasteiger partial charge in [-0.3, -0.25) is 4.90 Å². The topological polar surface area (TPSA) is 57.5 Å². The Kier molecular flexibility index (Phi) is 4.24. The fourth-order valence-electron chi connectivity index (χ4n) is 2.87. The Morgan fingerprint density at radius 3 is 2.86 bits per heavy atom. The first kappa shape index (κ1) is 14.1. The molecule has 0 saturated carbocycles. The Morgan fingerprint density at radius 1 is 1.29 bits per heavy atom. The molecule has 0 amide bonds. The molecule has 1 unspecified atom stereocenters. The Morgan fingerprint density at radius 2 is 2.10 bits per heavy atom. The third kappa shape index (κ3) is 3.10. The summed E-state index contributed by atoms with van der Waals surface area (Å²) >= 11 is 0. The van der Waals surface area contributed by atoms with Crippen molar-refractivity contribution in [3.05, 3.63) is 18.6 Å². The van der Waals surface area contributed by atoms with Gasteiger partial charge in [0.15, 0.2) is 11.5 Å². The summed E-state index contributed by atoms with van der Waals surface area (Å²) in [5, 5.41) is 6.74. The molecule has 3 rings (SSSR count). The van der Waals surface area contributed by atoms with Crippen molar-refractivity contribution in [3.63, 3.8) is 0 Å². The predicted octanol–water partition coefficient (Wildman–Crippen LogP) is 2.06. The highest BCUT2D eigenvalue weighted by molar-refractivity contribution is 5.65. The Bertz CT molecular complexity index is 587. The van der Waals surface area contributed by atoms with Crippen LogP contribution in [0.4, 0.5) is 11.6 Å². The van der Waals surface area contributed by atoms with Gasteiger partial charge in [-0.1, -0.05) is 0 Å². The Labute approximate surface area is 125 Å². The van der Waals surface area contributed by atoms with Crippen molar-refractivity contribution in [1.29, 1.82) is 0 Å². The first-order valence-electron chi connectivity index (χ1n) is 7.83. The van der Waals surface area contributed by atoms with Gasteiger partial charge in [-0.05, 0) is 39.8 Å². The summed E-state index contributed by atoms with van der Waals surface area (Å²) in [7, 11) is 0. The third-order valence-corrected chi connectivity index (χ3v) is 4.06. The molecule has 0 spiro atoms. The van der Waals surface area contributed by atoms with E-state index in [1.807, 2.05) is 23.0 Å². The van der Waals surface area contributed by atoms with E-state index in [4.69, 9.17) is 0 Å². The van der Waals surface area contributed by atoms with E-state index in [0.29, 0.717) is 6.04 Å². The number of likely N-dealkylation sites (tertiary alicyclic amines) is 1. The van der Waals surface area contributed by atoms with Crippen LogP contribution in [0.3, 0.4) is 0 Å². The molecule has 6 nitrogen and oxygen atoms in total. The number of hydrogen-bond acceptors (Lipinski definition) is 5. The normalized spacial score (nSPS) is 17.2. The molecule has 0 aromatic carbocycles. The summed E-state index contributed by atoms with van der Waals surface area (Å²) in [6.45, 7) is 8.53. The van der Waals surface area contributed by atoms with Gasteiger partial charge in [0.05, 0.1) is 6.20 Å². The van der Waals surface area contributed by atoms with Crippen molar-refractivity contribution in [2.45, 2.75) is 32.7 Å². The summed E-state index contributed by atoms with van der Waals surface area (Å²) in [5.41, 5.74) is 0.880. The minimum absolute atomic E-state index is 0.520. The summed E-state index contributed by atoms with van der Waals surface area (Å²) in [6, 6.07) is 0.520. The number of aromatic nitrogens is 3. The fraction of sp³-hybridized carbons (Fsp3) is 0.600. The average molecular weight is 288 g/mol. The Balaban J connectivity index is 1.74. The predicted molar refractivity (Wildman–Crippen MR) is 85.9 cm³/mol. The molecular weight excluding hydrogens is 264 g/mol. The second kappa shape index (κ2) is 6.30. The van der Waals surface area contributed by atoms with E-state index in [-0.39, 0.29) is 0 Å². The molecule has 1 saturated heterocycles. The van der Waals surface area contributed by atoms with E-state index >= 15 is 0 Å². The van der Waals surface area contributed by atoms with Crippen LogP contribution in [0.5, 0.6) is 0 Å². The highest BCUT2D eigenvalue weighted by Crippen LogP contribution is 2.17. The van der Waals surface area contributed by atoms with Crippen molar-refractivity contribution in [1.82, 2.24) is 19.3 Å². The number of fused-ring (bicyclic) bond motifs is 1. The van der Waals surface area contributed by atoms with Gasteiger partial charge in [-0.2, -0.15) is 0 Å². The fourth-order valence-corrected chi connectivity index (χ4v) is 2.87. The molecule has 1 fully saturated rings. The minimum Gasteiger partial charge on any atom is -0.369 e. The van der Waals surface area contributed by atoms with E-state index in [0.717, 1.165) is 30.4 Å². The molecule has 2 N–H and O–H groups in total. The van der Waals surface area contributed by atoms with Gasteiger partial charge in [0.2, 0.25) is 0 Å². The van der Waals surface area contributed by atoms with Crippen LogP contribution in [-0.4, -0.2) is 51.5 Å². The quantitative estimate of drug-likeness (QED) is 0.852. The van der Waals surface area contributed by atoms with Crippen molar-refractivity contribution in [3.8, 4) is 0 Å². The lowest BCUT2D eigenvalue weighted by atomic mass is 10.3. The van der Waals surface area contributed by atoms with E-state index in [1.54, 1.807) is 0 Å². The molecule has 1 aliphatic heterocycles. The van der Waals surface area contributed by atoms with Crippen molar-refractivity contribution in [2.75, 3.05) is 36.8 Å². The summed E-state index contributed by atoms with van der Waals surface area (Å²) in [5.74, 6) is 1.73. The lowest BCUT2D eigenvalue weighted by Gasteiger charge is -2.24. The zero-order valence-electron chi connectivity index (χ0n) is 12.8. The molecule has 2 aromatic rings. The van der Waals surface area contributed by atoms with Crippen LogP contribution in [-0.2, 0) is 0 Å². The molecule has 3 heterocycles. The number of hydrogen-bond donors (Lipinski definition) is 2. The van der Waals surface area contributed by atoms with Crippen LogP contribution in [0.1, 0.15) is 26.7 Å². The smallest absolute Gasteiger partial charge is 0.180 e. The number of anilines is 2. The van der Waals surface area contributed by atoms with Gasteiger partial charge in [-0.15, -0.1) is 0 Å². The van der Waals surface area contributed by atoms with Gasteiger partial charge < -0.3 is 15.0 Å². The average Bonchev–Trinajstić information content (AvgIpc) is 3.15. The summed E-state index contributed by atoms with van der Waals surface area (Å²) in [6.07, 6.45) is 8.38. The first-order chi connectivity index (χ1) is 10.3. The van der Waals surface area contributed by atoms with Crippen LogP contribution in [0.2, 0.25) is 0 Å². The lowest BCUT2D eigenvalue weighted by Crippen LogP contribution is -2.35. The number of rotatable bonds is 6. The molecule has 114 valence electrons. The third-order valence-electron chi connectivity index (χ3n) is 4.06. The molecule has 1 aliphatic rings. The van der Waals surface area contributed by atoms with E-state index < -0.39 is 0 Å². The maximum Gasteiger partial charge on any atom is 0.180 e. The zero-order valence-corrected chi connectivity index (χ0v) is 12.8. The van der Waals surface area contributed by atoms with Gasteiger partial charge >= 0.3 is 0 Å². The molecule has 1 atom stereocenters. The Hall–Kier alpha value is -1.82. The molecule has 0 bridgehead atoms. The number of imidazole rings is 1. The maximum atomic E-state index is 4.64. The van der Waals surface area contributed by atoms with Gasteiger partial charge in [0, 0.05) is 31.5 Å². The molecule has 21 heavy (non-hydrogen) atoms. The number of nitrogens with zero attached hydrogens (tertiary/aromatic N) is 4. The maximum absolute atomic E-state index is 4.64. The SMILES string of the molecule is CCNc1cn2ccnc2c(NCC(C)N2CCCC2)n1. The highest BCUT2D eigenvalue weighted by atomic mass is 15.2. The highest BCUT2D eigenvalue weighted by Gasteiger charge is 2.18. The van der Waals surface area contributed by atoms with Crippen LogP contribution >= 0.6 is 0 Å². The van der Waals surface area contributed by atoms with Crippen LogP contribution in [0.15, 0.2) is 18.6 Å². The van der Waals surface area contributed by atoms with Gasteiger partial charge in [0.25, 0.3) is 0 Å². The van der Waals surface area contributed by atoms with Crippen molar-refractivity contribution >= 4 is 17.3 Å². The lowest BCUT2D eigenvalue weighted by molar-refractivity contribution is 0.269. The monoisotopic (exact) mass is 288 g/mol.